The molecule has 2 aliphatic carbocycles. The third-order valence-electron chi connectivity index (χ3n) is 5.23. The average Bonchev–Trinajstić information content (AvgIpc) is 3.27. The minimum Gasteiger partial charge on any atom is -0.386 e. The van der Waals surface area contributed by atoms with Gasteiger partial charge in [0, 0.05) is 0 Å². The molecular formula is C19H27NO. The van der Waals surface area contributed by atoms with Crippen LogP contribution in [0.5, 0.6) is 0 Å². The second kappa shape index (κ2) is 5.94. The van der Waals surface area contributed by atoms with Gasteiger partial charge in [-0.25, -0.2) is 0 Å². The molecule has 0 spiro atoms. The van der Waals surface area contributed by atoms with Crippen LogP contribution in [-0.2, 0) is 6.42 Å². The Morgan fingerprint density at radius 1 is 1.10 bits per heavy atom. The van der Waals surface area contributed by atoms with E-state index in [4.69, 9.17) is 5.73 Å². The van der Waals surface area contributed by atoms with Gasteiger partial charge in [0.25, 0.3) is 0 Å². The van der Waals surface area contributed by atoms with E-state index in [0.717, 1.165) is 38.6 Å². The predicted molar refractivity (Wildman–Crippen MR) is 87.9 cm³/mol. The first kappa shape index (κ1) is 14.8. The fourth-order valence-electron chi connectivity index (χ4n) is 3.45. The molecule has 3 N–H and O–H groups in total. The summed E-state index contributed by atoms with van der Waals surface area (Å²) in [7, 11) is 0. The molecule has 0 aromatic heterocycles. The van der Waals surface area contributed by atoms with Crippen LogP contribution in [0, 0.1) is 5.41 Å². The fraction of sp³-hybridized carbons (Fsp3) is 0.579. The third-order valence-corrected chi connectivity index (χ3v) is 5.23. The molecule has 0 aliphatic heterocycles. The molecule has 0 atom stereocenters. The summed E-state index contributed by atoms with van der Waals surface area (Å²) < 4.78 is 0. The van der Waals surface area contributed by atoms with Gasteiger partial charge in [0.15, 0.2) is 0 Å². The van der Waals surface area contributed by atoms with Crippen molar-refractivity contribution in [3.8, 4) is 0 Å². The third kappa shape index (κ3) is 3.75. The summed E-state index contributed by atoms with van der Waals surface area (Å²) in [6.07, 6.45) is 13.1. The highest BCUT2D eigenvalue weighted by Crippen LogP contribution is 2.47. The Kier molecular flexibility index (Phi) is 4.19. The lowest BCUT2D eigenvalue weighted by molar-refractivity contribution is 0.0521. The van der Waals surface area contributed by atoms with E-state index in [1.165, 1.54) is 30.4 Å². The van der Waals surface area contributed by atoms with Crippen molar-refractivity contribution in [1.82, 2.24) is 0 Å². The van der Waals surface area contributed by atoms with Crippen molar-refractivity contribution in [1.29, 1.82) is 0 Å². The second-order valence-electron chi connectivity index (χ2n) is 7.12. The average molecular weight is 285 g/mol. The smallest absolute Gasteiger partial charge is 0.0830 e. The van der Waals surface area contributed by atoms with Gasteiger partial charge in [-0.1, -0.05) is 55.7 Å². The summed E-state index contributed by atoms with van der Waals surface area (Å²) in [5.41, 5.74) is 8.24. The van der Waals surface area contributed by atoms with Crippen LogP contribution in [0.1, 0.15) is 56.1 Å². The van der Waals surface area contributed by atoms with Crippen molar-refractivity contribution in [3.05, 3.63) is 41.5 Å². The van der Waals surface area contributed by atoms with Gasteiger partial charge in [-0.3, -0.25) is 0 Å². The minimum absolute atomic E-state index is 0.379. The van der Waals surface area contributed by atoms with Crippen LogP contribution in [0.25, 0.3) is 6.08 Å². The van der Waals surface area contributed by atoms with Crippen LogP contribution in [0.3, 0.4) is 0 Å². The Hall–Kier alpha value is -1.12. The van der Waals surface area contributed by atoms with E-state index >= 15 is 0 Å². The topological polar surface area (TPSA) is 46.2 Å². The van der Waals surface area contributed by atoms with E-state index < -0.39 is 5.60 Å². The fourth-order valence-corrected chi connectivity index (χ4v) is 3.45. The molecule has 2 aliphatic rings. The summed E-state index contributed by atoms with van der Waals surface area (Å²) >= 11 is 0. The van der Waals surface area contributed by atoms with Gasteiger partial charge in [0.2, 0.25) is 0 Å². The first-order valence-electron chi connectivity index (χ1n) is 8.34. The number of benzene rings is 1. The molecule has 21 heavy (non-hydrogen) atoms. The zero-order valence-electron chi connectivity index (χ0n) is 12.9. The number of hydrogen-bond acceptors (Lipinski definition) is 2. The highest BCUT2D eigenvalue weighted by Gasteiger charge is 2.40. The van der Waals surface area contributed by atoms with Crippen molar-refractivity contribution >= 4 is 6.08 Å². The standard InChI is InChI=1S/C19H27NO/c20-15-18(11-12-18)14-17-6-4-5-16(13-17)7-10-19(21)8-2-1-3-9-19/h4-7,10,13,21H,1-3,8-9,11-12,14-15,20H2/b10-7+. The first-order valence-corrected chi connectivity index (χ1v) is 8.34. The monoisotopic (exact) mass is 285 g/mol. The van der Waals surface area contributed by atoms with Gasteiger partial charge in [0.1, 0.15) is 0 Å². The van der Waals surface area contributed by atoms with E-state index in [1.807, 2.05) is 6.08 Å². The maximum absolute atomic E-state index is 10.5. The van der Waals surface area contributed by atoms with E-state index in [0.29, 0.717) is 5.41 Å². The molecular weight excluding hydrogens is 258 g/mol. The number of nitrogens with two attached hydrogens (primary N) is 1. The summed E-state index contributed by atoms with van der Waals surface area (Å²) in [6.45, 7) is 0.798. The molecule has 114 valence electrons. The van der Waals surface area contributed by atoms with E-state index in [1.54, 1.807) is 0 Å². The maximum atomic E-state index is 10.5. The number of aliphatic hydroxyl groups is 1. The second-order valence-corrected chi connectivity index (χ2v) is 7.12. The van der Waals surface area contributed by atoms with Gasteiger partial charge in [0.05, 0.1) is 5.60 Å². The van der Waals surface area contributed by atoms with Crippen LogP contribution in [0.2, 0.25) is 0 Å². The van der Waals surface area contributed by atoms with Crippen molar-refractivity contribution in [3.63, 3.8) is 0 Å². The van der Waals surface area contributed by atoms with E-state index in [2.05, 4.69) is 30.3 Å². The molecule has 0 unspecified atom stereocenters. The van der Waals surface area contributed by atoms with Gasteiger partial charge < -0.3 is 10.8 Å². The van der Waals surface area contributed by atoms with Crippen molar-refractivity contribution in [2.24, 2.45) is 11.1 Å². The lowest BCUT2D eigenvalue weighted by Crippen LogP contribution is -2.28. The zero-order chi connectivity index (χ0) is 14.8. The minimum atomic E-state index is -0.580. The lowest BCUT2D eigenvalue weighted by Gasteiger charge is -2.28. The molecule has 2 fully saturated rings. The predicted octanol–water partition coefficient (Wildman–Crippen LogP) is 3.68. The first-order chi connectivity index (χ1) is 10.1. The quantitative estimate of drug-likeness (QED) is 0.867. The van der Waals surface area contributed by atoms with Crippen LogP contribution in [-0.4, -0.2) is 17.3 Å². The highest BCUT2D eigenvalue weighted by atomic mass is 16.3. The van der Waals surface area contributed by atoms with Crippen molar-refractivity contribution in [2.45, 2.75) is 57.0 Å². The summed E-state index contributed by atoms with van der Waals surface area (Å²) in [5.74, 6) is 0. The van der Waals surface area contributed by atoms with Gasteiger partial charge >= 0.3 is 0 Å². The Morgan fingerprint density at radius 2 is 1.86 bits per heavy atom. The molecule has 2 heteroatoms. The van der Waals surface area contributed by atoms with Gasteiger partial charge in [-0.15, -0.1) is 0 Å². The SMILES string of the molecule is NCC1(Cc2cccc(/C=C/C3(O)CCCCC3)c2)CC1. The zero-order valence-corrected chi connectivity index (χ0v) is 12.9. The van der Waals surface area contributed by atoms with E-state index in [9.17, 15) is 5.11 Å². The lowest BCUT2D eigenvalue weighted by atomic mass is 9.84. The van der Waals surface area contributed by atoms with Crippen molar-refractivity contribution < 1.29 is 5.11 Å². The number of hydrogen-bond donors (Lipinski definition) is 2. The summed E-state index contributed by atoms with van der Waals surface area (Å²) in [5, 5.41) is 10.5. The Labute approximate surface area is 128 Å². The largest absolute Gasteiger partial charge is 0.386 e. The van der Waals surface area contributed by atoms with Crippen LogP contribution in [0.15, 0.2) is 30.3 Å². The van der Waals surface area contributed by atoms with Gasteiger partial charge in [-0.05, 0) is 55.2 Å². The van der Waals surface area contributed by atoms with Crippen LogP contribution >= 0.6 is 0 Å². The normalized spacial score (nSPS) is 23.3. The summed E-state index contributed by atoms with van der Waals surface area (Å²) in [4.78, 5) is 0. The Bertz CT molecular complexity index is 510. The van der Waals surface area contributed by atoms with Crippen LogP contribution in [0.4, 0.5) is 0 Å². The molecule has 2 saturated carbocycles. The molecule has 0 saturated heterocycles. The Balaban J connectivity index is 1.68. The Morgan fingerprint density at radius 3 is 2.52 bits per heavy atom. The molecule has 3 rings (SSSR count). The maximum Gasteiger partial charge on any atom is 0.0830 e. The molecule has 1 aromatic carbocycles. The van der Waals surface area contributed by atoms with Crippen molar-refractivity contribution in [2.75, 3.05) is 6.54 Å². The molecule has 1 aromatic rings. The molecule has 0 amide bonds. The molecule has 0 heterocycles. The van der Waals surface area contributed by atoms with E-state index in [-0.39, 0.29) is 0 Å². The highest BCUT2D eigenvalue weighted by molar-refractivity contribution is 5.52. The van der Waals surface area contributed by atoms with Crippen LogP contribution < -0.4 is 5.73 Å². The van der Waals surface area contributed by atoms with Gasteiger partial charge in [-0.2, -0.15) is 0 Å². The molecule has 2 nitrogen and oxygen atoms in total. The molecule has 0 radical (unpaired) electrons. The number of rotatable bonds is 5. The summed E-state index contributed by atoms with van der Waals surface area (Å²) in [6, 6.07) is 8.68. The molecule has 0 bridgehead atoms.